The van der Waals surface area contributed by atoms with Crippen LogP contribution >= 0.6 is 0 Å². The lowest BCUT2D eigenvalue weighted by Gasteiger charge is -2.10. The van der Waals surface area contributed by atoms with Crippen LogP contribution in [-0.4, -0.2) is 13.7 Å². The quantitative estimate of drug-likeness (QED) is 0.635. The first-order valence-electron chi connectivity index (χ1n) is 6.49. The van der Waals surface area contributed by atoms with Crippen molar-refractivity contribution in [2.75, 3.05) is 13.7 Å². The van der Waals surface area contributed by atoms with E-state index in [4.69, 9.17) is 15.6 Å². The lowest BCUT2D eigenvalue weighted by molar-refractivity contribution is 0.399. The number of unbranched alkanes of at least 4 members (excludes halogenated alkanes) is 1. The molecule has 2 aromatic rings. The predicted octanol–water partition coefficient (Wildman–Crippen LogP) is 3.51. The molecule has 0 fully saturated rings. The first-order chi connectivity index (χ1) is 9.26. The van der Waals surface area contributed by atoms with E-state index in [1.165, 1.54) is 0 Å². The summed E-state index contributed by atoms with van der Waals surface area (Å²) in [5.41, 5.74) is 0.803. The van der Waals surface area contributed by atoms with E-state index < -0.39 is 0 Å². The summed E-state index contributed by atoms with van der Waals surface area (Å²) in [7, 11) is 1.65. The number of methoxy groups -OCH3 is 1. The molecule has 0 bridgehead atoms. The maximum absolute atomic E-state index is 5.88. The van der Waals surface area contributed by atoms with Gasteiger partial charge in [-0.3, -0.25) is 0 Å². The number of benzene rings is 1. The van der Waals surface area contributed by atoms with Gasteiger partial charge in [-0.1, -0.05) is 12.1 Å². The molecule has 0 saturated heterocycles. The van der Waals surface area contributed by atoms with Crippen LogP contribution in [0.25, 0.3) is 11.0 Å². The summed E-state index contributed by atoms with van der Waals surface area (Å²) in [6.45, 7) is 2.97. The van der Waals surface area contributed by atoms with E-state index in [2.05, 4.69) is 24.2 Å². The van der Waals surface area contributed by atoms with Gasteiger partial charge in [-0.15, -0.1) is 12.3 Å². The highest BCUT2D eigenvalue weighted by molar-refractivity contribution is 5.83. The Morgan fingerprint density at radius 3 is 3.05 bits per heavy atom. The fourth-order valence-electron chi connectivity index (χ4n) is 2.04. The summed E-state index contributed by atoms with van der Waals surface area (Å²) in [4.78, 5) is 0. The lowest BCUT2D eigenvalue weighted by atomic mass is 10.2. The van der Waals surface area contributed by atoms with Gasteiger partial charge in [-0.05, 0) is 32.0 Å². The fraction of sp³-hybridized carbons (Fsp3) is 0.375. The molecule has 3 heteroatoms. The first-order valence-corrected chi connectivity index (χ1v) is 6.49. The minimum absolute atomic E-state index is 0.162. The van der Waals surface area contributed by atoms with Gasteiger partial charge in [0.1, 0.15) is 5.76 Å². The molecular formula is C16H19NO2. The monoisotopic (exact) mass is 257 g/mol. The van der Waals surface area contributed by atoms with E-state index in [-0.39, 0.29) is 6.04 Å². The van der Waals surface area contributed by atoms with Gasteiger partial charge in [0, 0.05) is 11.8 Å². The molecule has 1 heterocycles. The van der Waals surface area contributed by atoms with Gasteiger partial charge in [-0.2, -0.15) is 0 Å². The van der Waals surface area contributed by atoms with Crippen molar-refractivity contribution < 1.29 is 9.15 Å². The molecule has 0 aliphatic rings. The lowest BCUT2D eigenvalue weighted by Crippen LogP contribution is -2.19. The third-order valence-electron chi connectivity index (χ3n) is 3.12. The average Bonchev–Trinajstić information content (AvgIpc) is 2.87. The molecule has 1 unspecified atom stereocenters. The number of rotatable bonds is 6. The molecule has 1 atom stereocenters. The number of nitrogens with one attached hydrogen (secondary N) is 1. The highest BCUT2D eigenvalue weighted by Crippen LogP contribution is 2.30. The molecule has 3 nitrogen and oxygen atoms in total. The molecule has 0 spiro atoms. The summed E-state index contributed by atoms with van der Waals surface area (Å²) in [6, 6.07) is 8.11. The van der Waals surface area contributed by atoms with Crippen LogP contribution in [0.1, 0.15) is 31.6 Å². The van der Waals surface area contributed by atoms with Crippen molar-refractivity contribution in [2.24, 2.45) is 0 Å². The van der Waals surface area contributed by atoms with E-state index in [0.29, 0.717) is 0 Å². The molecule has 19 heavy (non-hydrogen) atoms. The molecule has 0 aliphatic heterocycles. The van der Waals surface area contributed by atoms with Crippen LogP contribution < -0.4 is 10.1 Å². The molecule has 0 saturated carbocycles. The van der Waals surface area contributed by atoms with E-state index in [1.54, 1.807) is 7.11 Å². The van der Waals surface area contributed by atoms with Gasteiger partial charge in [0.05, 0.1) is 13.2 Å². The molecule has 1 aromatic carbocycles. The van der Waals surface area contributed by atoms with Crippen LogP contribution in [0.3, 0.4) is 0 Å². The number of furan rings is 1. The summed E-state index contributed by atoms with van der Waals surface area (Å²) in [5.74, 6) is 4.32. The third kappa shape index (κ3) is 3.10. The second kappa shape index (κ2) is 6.31. The van der Waals surface area contributed by atoms with Crippen molar-refractivity contribution in [3.8, 4) is 18.1 Å². The minimum Gasteiger partial charge on any atom is -0.493 e. The Morgan fingerprint density at radius 1 is 1.47 bits per heavy atom. The Hall–Kier alpha value is -1.92. The molecule has 1 N–H and O–H groups in total. The second-order valence-corrected chi connectivity index (χ2v) is 4.51. The number of para-hydroxylation sites is 1. The smallest absolute Gasteiger partial charge is 0.176 e. The van der Waals surface area contributed by atoms with Crippen molar-refractivity contribution in [1.82, 2.24) is 5.32 Å². The van der Waals surface area contributed by atoms with E-state index in [9.17, 15) is 0 Å². The minimum atomic E-state index is 0.162. The van der Waals surface area contributed by atoms with Crippen LogP contribution in [0, 0.1) is 12.3 Å². The van der Waals surface area contributed by atoms with Crippen molar-refractivity contribution in [2.45, 2.75) is 25.8 Å². The summed E-state index contributed by atoms with van der Waals surface area (Å²) in [5, 5.41) is 4.46. The van der Waals surface area contributed by atoms with E-state index in [0.717, 1.165) is 41.9 Å². The van der Waals surface area contributed by atoms with Crippen molar-refractivity contribution in [3.05, 3.63) is 30.0 Å². The highest BCUT2D eigenvalue weighted by Gasteiger charge is 2.13. The average molecular weight is 257 g/mol. The van der Waals surface area contributed by atoms with Crippen LogP contribution in [-0.2, 0) is 0 Å². The number of ether oxygens (including phenoxy) is 1. The maximum Gasteiger partial charge on any atom is 0.176 e. The van der Waals surface area contributed by atoms with Crippen molar-refractivity contribution in [3.63, 3.8) is 0 Å². The Morgan fingerprint density at radius 2 is 2.32 bits per heavy atom. The fourth-order valence-corrected chi connectivity index (χ4v) is 2.04. The second-order valence-electron chi connectivity index (χ2n) is 4.51. The molecule has 100 valence electrons. The topological polar surface area (TPSA) is 34.4 Å². The standard InChI is InChI=1S/C16H19NO2/c1-4-5-6-10-17-12(2)15-11-13-8-7-9-14(18-3)16(13)19-15/h1,7-9,11-12,17H,5-6,10H2,2-3H3. The molecule has 0 amide bonds. The molecule has 0 aliphatic carbocycles. The Kier molecular flexibility index (Phi) is 4.48. The van der Waals surface area contributed by atoms with E-state index in [1.807, 2.05) is 18.2 Å². The molecular weight excluding hydrogens is 238 g/mol. The van der Waals surface area contributed by atoms with Gasteiger partial charge < -0.3 is 14.5 Å². The zero-order chi connectivity index (χ0) is 13.7. The van der Waals surface area contributed by atoms with Gasteiger partial charge >= 0.3 is 0 Å². The van der Waals surface area contributed by atoms with Gasteiger partial charge in [0.25, 0.3) is 0 Å². The number of hydrogen-bond acceptors (Lipinski definition) is 3. The maximum atomic E-state index is 5.88. The zero-order valence-electron chi connectivity index (χ0n) is 11.4. The molecule has 1 aromatic heterocycles. The Balaban J connectivity index is 2.10. The van der Waals surface area contributed by atoms with Crippen LogP contribution in [0.2, 0.25) is 0 Å². The number of hydrogen-bond donors (Lipinski definition) is 1. The highest BCUT2D eigenvalue weighted by atomic mass is 16.5. The van der Waals surface area contributed by atoms with Gasteiger partial charge in [-0.25, -0.2) is 0 Å². The van der Waals surface area contributed by atoms with Crippen LogP contribution in [0.4, 0.5) is 0 Å². The van der Waals surface area contributed by atoms with Gasteiger partial charge in [0.15, 0.2) is 11.3 Å². The summed E-state index contributed by atoms with van der Waals surface area (Å²) >= 11 is 0. The Labute approximate surface area is 113 Å². The van der Waals surface area contributed by atoms with Gasteiger partial charge in [0.2, 0.25) is 0 Å². The predicted molar refractivity (Wildman–Crippen MR) is 77.3 cm³/mol. The number of terminal acetylenes is 1. The largest absolute Gasteiger partial charge is 0.493 e. The SMILES string of the molecule is C#CCCCNC(C)c1cc2cccc(OC)c2o1. The normalized spacial score (nSPS) is 12.3. The number of fused-ring (bicyclic) bond motifs is 1. The van der Waals surface area contributed by atoms with Crippen LogP contribution in [0.5, 0.6) is 5.75 Å². The van der Waals surface area contributed by atoms with Crippen LogP contribution in [0.15, 0.2) is 28.7 Å². The van der Waals surface area contributed by atoms with Crippen molar-refractivity contribution in [1.29, 1.82) is 0 Å². The molecule has 2 rings (SSSR count). The molecule has 0 radical (unpaired) electrons. The zero-order valence-corrected chi connectivity index (χ0v) is 11.4. The Bertz CT molecular complexity index is 580. The third-order valence-corrected chi connectivity index (χ3v) is 3.12. The first kappa shape index (κ1) is 13.5. The summed E-state index contributed by atoms with van der Waals surface area (Å²) < 4.78 is 11.2. The van der Waals surface area contributed by atoms with E-state index >= 15 is 0 Å². The van der Waals surface area contributed by atoms with Crippen molar-refractivity contribution >= 4 is 11.0 Å². The summed E-state index contributed by atoms with van der Waals surface area (Å²) in [6.07, 6.45) is 7.01.